The number of hydrogen-bond acceptors (Lipinski definition) is 3. The summed E-state index contributed by atoms with van der Waals surface area (Å²) in [5.74, 6) is 1.93. The van der Waals surface area contributed by atoms with Gasteiger partial charge >= 0.3 is 0 Å². The smallest absolute Gasteiger partial charge is 0.123 e. The lowest BCUT2D eigenvalue weighted by atomic mass is 10.2. The first kappa shape index (κ1) is 10.9. The van der Waals surface area contributed by atoms with Crippen molar-refractivity contribution in [3.05, 3.63) is 35.9 Å². The molecule has 1 atom stereocenters. The fraction of sp³-hybridized carbons (Fsp3) is 0.455. The van der Waals surface area contributed by atoms with Gasteiger partial charge in [-0.1, -0.05) is 6.92 Å². The van der Waals surface area contributed by atoms with Gasteiger partial charge in [0.1, 0.15) is 11.6 Å². The summed E-state index contributed by atoms with van der Waals surface area (Å²) in [6.07, 6.45) is 6.48. The van der Waals surface area contributed by atoms with Crippen LogP contribution in [0.4, 0.5) is 0 Å². The second kappa shape index (κ2) is 4.94. The van der Waals surface area contributed by atoms with Crippen LogP contribution in [-0.4, -0.2) is 19.9 Å². The fourth-order valence-corrected chi connectivity index (χ4v) is 1.70. The molecule has 3 N–H and O–H groups in total. The Morgan fingerprint density at radius 2 is 2.31 bits per heavy atom. The van der Waals surface area contributed by atoms with Gasteiger partial charge in [-0.15, -0.1) is 0 Å². The van der Waals surface area contributed by atoms with Crippen LogP contribution in [0, 0.1) is 6.92 Å². The monoisotopic (exact) mass is 219 g/mol. The number of aromatic nitrogens is 4. The molecule has 0 saturated carbocycles. The Labute approximate surface area is 94.7 Å². The Morgan fingerprint density at radius 3 is 2.88 bits per heavy atom. The fourth-order valence-electron chi connectivity index (χ4n) is 1.70. The van der Waals surface area contributed by atoms with Crippen molar-refractivity contribution in [3.8, 4) is 0 Å². The zero-order valence-electron chi connectivity index (χ0n) is 9.62. The number of rotatable bonds is 5. The minimum Gasteiger partial charge on any atom is -0.347 e. The molecule has 1 unspecified atom stereocenters. The number of aryl methyl sites for hydroxylation is 1. The van der Waals surface area contributed by atoms with Gasteiger partial charge in [-0.2, -0.15) is 0 Å². The van der Waals surface area contributed by atoms with Crippen molar-refractivity contribution >= 4 is 0 Å². The number of hydrogen-bond donors (Lipinski definition) is 3. The maximum Gasteiger partial charge on any atom is 0.123 e. The van der Waals surface area contributed by atoms with Gasteiger partial charge in [-0.25, -0.2) is 9.97 Å². The highest BCUT2D eigenvalue weighted by atomic mass is 15.0. The van der Waals surface area contributed by atoms with Crippen LogP contribution in [0.5, 0.6) is 0 Å². The van der Waals surface area contributed by atoms with E-state index in [1.54, 1.807) is 6.20 Å². The molecule has 0 aromatic carbocycles. The average Bonchev–Trinajstić information content (AvgIpc) is 2.91. The molecule has 0 aliphatic rings. The Bertz CT molecular complexity index is 417. The molecule has 0 saturated heterocycles. The van der Waals surface area contributed by atoms with E-state index in [9.17, 15) is 0 Å². The molecule has 0 fully saturated rings. The van der Waals surface area contributed by atoms with E-state index in [-0.39, 0.29) is 6.04 Å². The normalized spacial score (nSPS) is 12.9. The third-order valence-corrected chi connectivity index (χ3v) is 2.55. The largest absolute Gasteiger partial charge is 0.347 e. The number of H-pyrrole nitrogens is 2. The first-order valence-electron chi connectivity index (χ1n) is 5.52. The highest BCUT2D eigenvalue weighted by Crippen LogP contribution is 2.11. The molecule has 16 heavy (non-hydrogen) atoms. The van der Waals surface area contributed by atoms with Crippen molar-refractivity contribution in [1.29, 1.82) is 0 Å². The topological polar surface area (TPSA) is 69.4 Å². The van der Waals surface area contributed by atoms with E-state index in [2.05, 4.69) is 32.2 Å². The molecule has 5 heteroatoms. The van der Waals surface area contributed by atoms with Gasteiger partial charge in [0.15, 0.2) is 0 Å². The molecule has 0 aliphatic carbocycles. The van der Waals surface area contributed by atoms with Crippen LogP contribution in [0.2, 0.25) is 0 Å². The van der Waals surface area contributed by atoms with E-state index < -0.39 is 0 Å². The van der Waals surface area contributed by atoms with Gasteiger partial charge in [0.2, 0.25) is 0 Å². The van der Waals surface area contributed by atoms with Crippen molar-refractivity contribution < 1.29 is 0 Å². The van der Waals surface area contributed by atoms with Crippen LogP contribution in [0.3, 0.4) is 0 Å². The molecule has 2 aromatic heterocycles. The van der Waals surface area contributed by atoms with Crippen molar-refractivity contribution in [2.24, 2.45) is 0 Å². The summed E-state index contributed by atoms with van der Waals surface area (Å²) in [6, 6.07) is 0.263. The van der Waals surface area contributed by atoms with Crippen LogP contribution in [0.25, 0.3) is 0 Å². The predicted octanol–water partition coefficient (Wildman–Crippen LogP) is 1.68. The molecule has 0 bridgehead atoms. The molecule has 2 heterocycles. The molecule has 5 nitrogen and oxygen atoms in total. The summed E-state index contributed by atoms with van der Waals surface area (Å²) < 4.78 is 0. The van der Waals surface area contributed by atoms with Crippen LogP contribution in [0.1, 0.15) is 36.7 Å². The van der Waals surface area contributed by atoms with Crippen molar-refractivity contribution in [2.45, 2.75) is 32.9 Å². The Kier molecular flexibility index (Phi) is 3.36. The van der Waals surface area contributed by atoms with Gasteiger partial charge in [0, 0.05) is 30.8 Å². The third-order valence-electron chi connectivity index (χ3n) is 2.55. The van der Waals surface area contributed by atoms with E-state index in [4.69, 9.17) is 0 Å². The van der Waals surface area contributed by atoms with Crippen LogP contribution < -0.4 is 5.32 Å². The zero-order valence-corrected chi connectivity index (χ0v) is 9.62. The van der Waals surface area contributed by atoms with E-state index in [0.29, 0.717) is 0 Å². The quantitative estimate of drug-likeness (QED) is 0.716. The molecule has 0 aliphatic heterocycles. The van der Waals surface area contributed by atoms with Gasteiger partial charge in [-0.3, -0.25) is 0 Å². The predicted molar refractivity (Wildman–Crippen MR) is 61.8 cm³/mol. The number of aromatic amines is 2. The zero-order chi connectivity index (χ0) is 11.4. The lowest BCUT2D eigenvalue weighted by Gasteiger charge is -2.13. The molecular weight excluding hydrogens is 202 g/mol. The lowest BCUT2D eigenvalue weighted by molar-refractivity contribution is 0.494. The van der Waals surface area contributed by atoms with Gasteiger partial charge in [-0.05, 0) is 13.3 Å². The first-order valence-corrected chi connectivity index (χ1v) is 5.52. The second-order valence-corrected chi connectivity index (χ2v) is 3.81. The van der Waals surface area contributed by atoms with E-state index in [1.807, 2.05) is 19.3 Å². The summed E-state index contributed by atoms with van der Waals surface area (Å²) in [5.41, 5.74) is 1.10. The van der Waals surface area contributed by atoms with E-state index >= 15 is 0 Å². The lowest BCUT2D eigenvalue weighted by Crippen LogP contribution is -2.21. The second-order valence-electron chi connectivity index (χ2n) is 3.81. The molecule has 2 rings (SSSR count). The maximum atomic E-state index is 4.26. The molecule has 0 amide bonds. The molecule has 86 valence electrons. The van der Waals surface area contributed by atoms with Crippen LogP contribution >= 0.6 is 0 Å². The molecular formula is C11H17N5. The van der Waals surface area contributed by atoms with Crippen LogP contribution in [-0.2, 0) is 6.54 Å². The summed E-state index contributed by atoms with van der Waals surface area (Å²) >= 11 is 0. The van der Waals surface area contributed by atoms with Crippen molar-refractivity contribution in [2.75, 3.05) is 0 Å². The molecule has 0 spiro atoms. The van der Waals surface area contributed by atoms with Gasteiger partial charge < -0.3 is 15.3 Å². The summed E-state index contributed by atoms with van der Waals surface area (Å²) in [6.45, 7) is 4.87. The van der Waals surface area contributed by atoms with Gasteiger partial charge in [0.25, 0.3) is 0 Å². The van der Waals surface area contributed by atoms with Crippen LogP contribution in [0.15, 0.2) is 18.6 Å². The Balaban J connectivity index is 1.93. The standard InChI is InChI=1S/C11H17N5/c1-3-10(11-12-4-5-13-11)15-7-9-6-14-8(2)16-9/h4-6,10,15H,3,7H2,1-2H3,(H,12,13)(H,14,16). The first-order chi connectivity index (χ1) is 7.79. The average molecular weight is 219 g/mol. The minimum absolute atomic E-state index is 0.263. The highest BCUT2D eigenvalue weighted by Gasteiger charge is 2.10. The summed E-state index contributed by atoms with van der Waals surface area (Å²) in [7, 11) is 0. The molecule has 2 aromatic rings. The van der Waals surface area contributed by atoms with Crippen molar-refractivity contribution in [3.63, 3.8) is 0 Å². The SMILES string of the molecule is CCC(NCc1cnc(C)[nH]1)c1ncc[nH]1. The number of nitrogens with one attached hydrogen (secondary N) is 3. The summed E-state index contributed by atoms with van der Waals surface area (Å²) in [5, 5.41) is 3.44. The summed E-state index contributed by atoms with van der Waals surface area (Å²) in [4.78, 5) is 14.8. The Hall–Kier alpha value is -1.62. The number of nitrogens with zero attached hydrogens (tertiary/aromatic N) is 2. The van der Waals surface area contributed by atoms with E-state index in [1.165, 1.54) is 0 Å². The van der Waals surface area contributed by atoms with Gasteiger partial charge in [0.05, 0.1) is 6.04 Å². The number of imidazole rings is 2. The van der Waals surface area contributed by atoms with E-state index in [0.717, 1.165) is 30.3 Å². The minimum atomic E-state index is 0.263. The molecule has 0 radical (unpaired) electrons. The Morgan fingerprint density at radius 1 is 1.44 bits per heavy atom. The third kappa shape index (κ3) is 2.49. The maximum absolute atomic E-state index is 4.26. The van der Waals surface area contributed by atoms with Crippen molar-refractivity contribution in [1.82, 2.24) is 25.3 Å². The highest BCUT2D eigenvalue weighted by molar-refractivity contribution is 5.01.